The maximum Gasteiger partial charge on any atom is 0.178 e. The number of anilines is 1. The molecule has 0 unspecified atom stereocenters. The lowest BCUT2D eigenvalue weighted by Gasteiger charge is -2.18. The van der Waals surface area contributed by atoms with Gasteiger partial charge >= 0.3 is 0 Å². The Morgan fingerprint density at radius 2 is 2.21 bits per heavy atom. The van der Waals surface area contributed by atoms with Crippen LogP contribution in [0.1, 0.15) is 11.4 Å². The highest BCUT2D eigenvalue weighted by Crippen LogP contribution is 2.24. The van der Waals surface area contributed by atoms with E-state index in [4.69, 9.17) is 22.7 Å². The number of H-pyrrole nitrogens is 1. The van der Waals surface area contributed by atoms with Gasteiger partial charge in [-0.1, -0.05) is 11.6 Å². The topological polar surface area (TPSA) is 115 Å². The average molecular weight is 349 g/mol. The van der Waals surface area contributed by atoms with Crippen LogP contribution in [0.4, 0.5) is 10.1 Å². The number of pyridine rings is 1. The van der Waals surface area contributed by atoms with Crippen molar-refractivity contribution in [1.29, 1.82) is 5.41 Å². The van der Waals surface area contributed by atoms with Gasteiger partial charge in [0.2, 0.25) is 0 Å². The average Bonchev–Trinajstić information content (AvgIpc) is 2.99. The molecule has 24 heavy (non-hydrogen) atoms. The minimum absolute atomic E-state index is 0.147. The number of nitrogens with one attached hydrogen (secondary N) is 2. The number of rotatable bonds is 4. The zero-order valence-corrected chi connectivity index (χ0v) is 13.2. The Morgan fingerprint density at radius 1 is 1.42 bits per heavy atom. The molecular weight excluding hydrogens is 335 g/mol. The van der Waals surface area contributed by atoms with Crippen molar-refractivity contribution in [1.82, 2.24) is 15.0 Å². The lowest BCUT2D eigenvalue weighted by Crippen LogP contribution is -2.27. The fourth-order valence-corrected chi connectivity index (χ4v) is 2.45. The molecule has 124 valence electrons. The maximum absolute atomic E-state index is 13.3. The van der Waals surface area contributed by atoms with Gasteiger partial charge in [0.05, 0.1) is 16.2 Å². The minimum Gasteiger partial charge on any atom is -0.340 e. The van der Waals surface area contributed by atoms with E-state index in [-0.39, 0.29) is 16.5 Å². The summed E-state index contributed by atoms with van der Waals surface area (Å²) in [6.07, 6.45) is 2.03. The smallest absolute Gasteiger partial charge is 0.178 e. The van der Waals surface area contributed by atoms with Crippen molar-refractivity contribution in [3.63, 3.8) is 0 Å². The van der Waals surface area contributed by atoms with Crippen molar-refractivity contribution >= 4 is 34.3 Å². The van der Waals surface area contributed by atoms with Gasteiger partial charge in [0.1, 0.15) is 11.6 Å². The monoisotopic (exact) mass is 348 g/mol. The lowest BCUT2D eigenvalue weighted by atomic mass is 10.2. The number of benzene rings is 1. The summed E-state index contributed by atoms with van der Waals surface area (Å²) in [6.45, 7) is 0.423. The third kappa shape index (κ3) is 2.94. The first-order chi connectivity index (χ1) is 11.5. The van der Waals surface area contributed by atoms with Crippen LogP contribution in [-0.2, 0) is 6.42 Å². The van der Waals surface area contributed by atoms with E-state index in [0.717, 1.165) is 6.07 Å². The third-order valence-corrected chi connectivity index (χ3v) is 3.73. The Labute approximate surface area is 141 Å². The van der Waals surface area contributed by atoms with Crippen LogP contribution >= 0.6 is 11.6 Å². The van der Waals surface area contributed by atoms with Gasteiger partial charge in [0, 0.05) is 18.2 Å². The molecule has 3 aromatic rings. The number of halogens is 2. The second-order valence-corrected chi connectivity index (χ2v) is 5.45. The van der Waals surface area contributed by atoms with Crippen molar-refractivity contribution in [3.05, 3.63) is 52.7 Å². The summed E-state index contributed by atoms with van der Waals surface area (Å²) in [4.78, 5) is 11.5. The summed E-state index contributed by atoms with van der Waals surface area (Å²) in [5.41, 5.74) is 7.00. The van der Waals surface area contributed by atoms with Gasteiger partial charge in [-0.05, 0) is 30.8 Å². The number of imidazole rings is 1. The van der Waals surface area contributed by atoms with Gasteiger partial charge in [-0.25, -0.2) is 19.4 Å². The molecule has 2 heterocycles. The first kappa shape index (κ1) is 16.3. The summed E-state index contributed by atoms with van der Waals surface area (Å²) in [6, 6.07) is 5.24. The highest BCUT2D eigenvalue weighted by molar-refractivity contribution is 6.31. The molecule has 0 atom stereocenters. The molecule has 0 radical (unpaired) electrons. The van der Waals surface area contributed by atoms with E-state index >= 15 is 0 Å². The molecule has 3 rings (SSSR count). The van der Waals surface area contributed by atoms with Crippen LogP contribution < -0.4 is 10.8 Å². The van der Waals surface area contributed by atoms with E-state index in [2.05, 4.69) is 15.0 Å². The SMILES string of the molecule is N=C(c1ccnc2nc(CCN)[nH]c12)N(O)c1ccc(F)c(Cl)c1. The number of nitrogens with two attached hydrogens (primary N) is 1. The second-order valence-electron chi connectivity index (χ2n) is 5.04. The van der Waals surface area contributed by atoms with Gasteiger partial charge in [-0.2, -0.15) is 0 Å². The predicted octanol–water partition coefficient (Wildman–Crippen LogP) is 2.47. The van der Waals surface area contributed by atoms with E-state index in [1.807, 2.05) is 0 Å². The molecule has 0 aliphatic rings. The molecule has 0 aliphatic carbocycles. The van der Waals surface area contributed by atoms with Crippen LogP contribution in [0.3, 0.4) is 0 Å². The van der Waals surface area contributed by atoms with Gasteiger partial charge in [-0.3, -0.25) is 10.6 Å². The fourth-order valence-electron chi connectivity index (χ4n) is 2.27. The number of aromatic nitrogens is 3. The number of aromatic amines is 1. The van der Waals surface area contributed by atoms with E-state index in [1.54, 1.807) is 6.07 Å². The van der Waals surface area contributed by atoms with Crippen molar-refractivity contribution in [2.24, 2.45) is 5.73 Å². The van der Waals surface area contributed by atoms with Crippen LogP contribution in [0.25, 0.3) is 11.2 Å². The van der Waals surface area contributed by atoms with Crippen molar-refractivity contribution in [3.8, 4) is 0 Å². The molecule has 0 bridgehead atoms. The predicted molar refractivity (Wildman–Crippen MR) is 89.2 cm³/mol. The van der Waals surface area contributed by atoms with E-state index in [1.165, 1.54) is 18.3 Å². The number of hydrogen-bond donors (Lipinski definition) is 4. The lowest BCUT2D eigenvalue weighted by molar-refractivity contribution is 0.312. The van der Waals surface area contributed by atoms with E-state index in [0.29, 0.717) is 40.6 Å². The number of hydroxylamine groups is 1. The first-order valence-corrected chi connectivity index (χ1v) is 7.45. The quantitative estimate of drug-likeness (QED) is 0.328. The highest BCUT2D eigenvalue weighted by atomic mass is 35.5. The van der Waals surface area contributed by atoms with Crippen molar-refractivity contribution in [2.75, 3.05) is 11.6 Å². The molecule has 0 saturated heterocycles. The third-order valence-electron chi connectivity index (χ3n) is 3.44. The molecule has 0 amide bonds. The summed E-state index contributed by atoms with van der Waals surface area (Å²) < 4.78 is 13.3. The Hall–Kier alpha value is -2.55. The molecule has 0 saturated carbocycles. The highest BCUT2D eigenvalue weighted by Gasteiger charge is 2.18. The molecule has 9 heteroatoms. The fraction of sp³-hybridized carbons (Fsp3) is 0.133. The summed E-state index contributed by atoms with van der Waals surface area (Å²) >= 11 is 5.72. The molecular formula is C15H14ClFN6O. The Bertz CT molecular complexity index is 912. The van der Waals surface area contributed by atoms with Gasteiger partial charge < -0.3 is 10.7 Å². The summed E-state index contributed by atoms with van der Waals surface area (Å²) in [7, 11) is 0. The Morgan fingerprint density at radius 3 is 2.92 bits per heavy atom. The van der Waals surface area contributed by atoms with Crippen LogP contribution in [0.5, 0.6) is 0 Å². The van der Waals surface area contributed by atoms with Gasteiger partial charge in [-0.15, -0.1) is 0 Å². The molecule has 0 fully saturated rings. The molecule has 5 N–H and O–H groups in total. The Balaban J connectivity index is 1.99. The summed E-state index contributed by atoms with van der Waals surface area (Å²) in [5.74, 6) is -0.186. The minimum atomic E-state index is -0.605. The molecule has 0 aliphatic heterocycles. The maximum atomic E-state index is 13.3. The summed E-state index contributed by atoms with van der Waals surface area (Å²) in [5, 5.41) is 19.0. The Kier molecular flexibility index (Phi) is 4.43. The molecule has 2 aromatic heterocycles. The largest absolute Gasteiger partial charge is 0.340 e. The number of hydrogen-bond acceptors (Lipinski definition) is 5. The number of nitrogens with zero attached hydrogens (tertiary/aromatic N) is 3. The second kappa shape index (κ2) is 6.52. The zero-order chi connectivity index (χ0) is 17.3. The molecule has 7 nitrogen and oxygen atoms in total. The zero-order valence-electron chi connectivity index (χ0n) is 12.4. The van der Waals surface area contributed by atoms with Crippen molar-refractivity contribution < 1.29 is 9.60 Å². The van der Waals surface area contributed by atoms with E-state index in [9.17, 15) is 9.60 Å². The normalized spacial score (nSPS) is 11.0. The van der Waals surface area contributed by atoms with Crippen LogP contribution in [0, 0.1) is 11.2 Å². The molecule has 1 aromatic carbocycles. The molecule has 0 spiro atoms. The van der Waals surface area contributed by atoms with Gasteiger partial charge in [0.15, 0.2) is 11.5 Å². The van der Waals surface area contributed by atoms with Crippen molar-refractivity contribution in [2.45, 2.75) is 6.42 Å². The van der Waals surface area contributed by atoms with Crippen LogP contribution in [-0.4, -0.2) is 32.5 Å². The van der Waals surface area contributed by atoms with Crippen LogP contribution in [0.15, 0.2) is 30.5 Å². The number of fused-ring (bicyclic) bond motifs is 1. The van der Waals surface area contributed by atoms with Gasteiger partial charge in [0.25, 0.3) is 0 Å². The number of amidine groups is 1. The van der Waals surface area contributed by atoms with Crippen LogP contribution in [0.2, 0.25) is 5.02 Å². The first-order valence-electron chi connectivity index (χ1n) is 7.08. The van der Waals surface area contributed by atoms with E-state index < -0.39 is 5.82 Å². The standard InChI is InChI=1S/C15H14ClFN6O/c16-10-7-8(1-2-11(10)17)23(24)14(19)9-4-6-20-15-13(9)21-12(22-15)3-5-18/h1-2,4,6-7,19,24H,3,5,18H2,(H,20,21,22).